The number of benzene rings is 3. The number of imide groups is 1. The first-order valence-corrected chi connectivity index (χ1v) is 19.6. The maximum absolute atomic E-state index is 13.0. The summed E-state index contributed by atoms with van der Waals surface area (Å²) in [6.45, 7) is 4.12. The molecule has 6 rings (SSSR count). The Hall–Kier alpha value is -3.91. The number of aryl methyl sites for hydroxylation is 1. The average Bonchev–Trinajstić information content (AvgIpc) is 3.51. The van der Waals surface area contributed by atoms with Gasteiger partial charge in [0.15, 0.2) is 5.71 Å². The fourth-order valence-corrected chi connectivity index (χ4v) is 8.51. The van der Waals surface area contributed by atoms with Crippen molar-refractivity contribution < 1.29 is 99.8 Å². The van der Waals surface area contributed by atoms with Crippen molar-refractivity contribution in [2.75, 3.05) is 17.3 Å². The van der Waals surface area contributed by atoms with E-state index in [1.807, 2.05) is 0 Å². The molecule has 0 unspecified atom stereocenters. The molecule has 3 aromatic carbocycles. The number of halogens is 1. The second-order valence-electron chi connectivity index (χ2n) is 11.5. The van der Waals surface area contributed by atoms with Crippen molar-refractivity contribution in [3.05, 3.63) is 82.2 Å². The number of nitrogens with zero attached hydrogens (tertiary/aromatic N) is 6. The first kappa shape index (κ1) is 45.8. The number of carbonyl (C=O) groups is 2. The van der Waals surface area contributed by atoms with Crippen molar-refractivity contribution in [2.45, 2.75) is 30.6 Å². The van der Waals surface area contributed by atoms with E-state index in [1.165, 1.54) is 19.9 Å². The first-order valence-electron chi connectivity index (χ1n) is 15.6. The second kappa shape index (κ2) is 17.9. The number of H-pyrrole nitrogens is 1. The molecule has 0 fully saturated rings. The molecule has 2 aromatic heterocycles. The summed E-state index contributed by atoms with van der Waals surface area (Å²) in [5.41, 5.74) is 2.50. The molecule has 2 amide bonds. The van der Waals surface area contributed by atoms with Crippen LogP contribution in [0.3, 0.4) is 0 Å². The van der Waals surface area contributed by atoms with Crippen LogP contribution in [0.1, 0.15) is 19.4 Å². The molecule has 0 saturated heterocycles. The Balaban J connectivity index is 0.00000360. The normalized spacial score (nSPS) is 14.5. The van der Waals surface area contributed by atoms with Gasteiger partial charge in [-0.05, 0) is 97.9 Å². The van der Waals surface area contributed by atoms with Gasteiger partial charge in [0.05, 0.1) is 32.1 Å². The van der Waals surface area contributed by atoms with E-state index in [-0.39, 0.29) is 98.7 Å². The summed E-state index contributed by atoms with van der Waals surface area (Å²) < 4.78 is 70.4. The third-order valence-electron chi connectivity index (χ3n) is 7.92. The number of carbonyl (C=O) groups excluding carboxylic acids is 2. The van der Waals surface area contributed by atoms with Gasteiger partial charge in [0.2, 0.25) is 16.9 Å². The molecule has 0 saturated carbocycles. The molecule has 5 N–H and O–H groups in total. The van der Waals surface area contributed by atoms with Gasteiger partial charge in [0.1, 0.15) is 20.0 Å². The maximum atomic E-state index is 13.0. The van der Waals surface area contributed by atoms with Crippen LogP contribution in [0.2, 0.25) is 5.28 Å². The summed E-state index contributed by atoms with van der Waals surface area (Å²) in [7, 11) is -9.59. The molecule has 25 heteroatoms. The molecule has 5 aromatic rings. The van der Waals surface area contributed by atoms with E-state index in [2.05, 4.69) is 40.8 Å². The van der Waals surface area contributed by atoms with E-state index < -0.39 is 59.8 Å². The van der Waals surface area contributed by atoms with Gasteiger partial charge in [-0.1, -0.05) is 6.07 Å². The molecule has 0 atom stereocenters. The first-order chi connectivity index (χ1) is 25.8. The van der Waals surface area contributed by atoms with Crippen LogP contribution in [-0.4, -0.2) is 80.7 Å². The Labute approximate surface area is 377 Å². The quantitative estimate of drug-likeness (QED) is 0.0233. The number of hydrogen-bond donors (Lipinski definition) is 5. The van der Waals surface area contributed by atoms with Crippen molar-refractivity contribution >= 4 is 99.8 Å². The van der Waals surface area contributed by atoms with Crippen LogP contribution in [0.5, 0.6) is 0 Å². The Bertz CT molecular complexity index is 2830. The predicted molar refractivity (Wildman–Crippen MR) is 198 cm³/mol. The number of rotatable bonds is 10. The largest absolute Gasteiger partial charge is 1.00 e. The van der Waals surface area contributed by atoms with E-state index in [0.29, 0.717) is 36.9 Å². The zero-order valence-electron chi connectivity index (χ0n) is 30.4. The van der Waals surface area contributed by atoms with Gasteiger partial charge in [-0.2, -0.15) is 23.5 Å². The summed E-state index contributed by atoms with van der Waals surface area (Å²) in [5.74, 6) is -3.26. The van der Waals surface area contributed by atoms with E-state index in [4.69, 9.17) is 17.0 Å². The van der Waals surface area contributed by atoms with Crippen LogP contribution >= 0.6 is 22.9 Å². The van der Waals surface area contributed by atoms with E-state index >= 15 is 0 Å². The van der Waals surface area contributed by atoms with E-state index in [1.54, 1.807) is 43.3 Å². The molecule has 1 aliphatic heterocycles. The number of amides is 2. The Morgan fingerprint density at radius 1 is 1.02 bits per heavy atom. The number of thiazole rings is 1. The third kappa shape index (κ3) is 9.87. The maximum Gasteiger partial charge on any atom is 1.00 e. The number of fused-ring (bicyclic) bond motifs is 1. The molecular formula is C32H25ClN10Na2O9S3. The van der Waals surface area contributed by atoms with Gasteiger partial charge >= 0.3 is 59.1 Å². The number of nitrogens with one attached hydrogen (secondary N) is 4. The Morgan fingerprint density at radius 2 is 1.70 bits per heavy atom. The number of aromatic amines is 1. The molecule has 0 spiro atoms. The fraction of sp³-hybridized carbons (Fsp3) is 0.125. The van der Waals surface area contributed by atoms with Crippen molar-refractivity contribution in [3.8, 4) is 10.6 Å². The smallest absolute Gasteiger partial charge is 0.859 e. The van der Waals surface area contributed by atoms with Crippen molar-refractivity contribution in [1.29, 1.82) is 5.41 Å². The molecule has 1 aliphatic rings. The van der Waals surface area contributed by atoms with Crippen molar-refractivity contribution in [1.82, 2.24) is 24.8 Å². The standard InChI is InChI=1S/C32H27ClN10O9S3.2Na/c1-4-43-28(45)22(26(34)44)15(3)23(29(43)46)42-41-20-13-18(10-12-21(20)54(47,48)49)36-32-39-30(33)38-31(40-32)35-17-8-6-16(7-9-17)27-37-19-11-5-14(2)25(24(19)53-27)55(50,51)52;;/h5-13,41H,4H2,1-3H3,(H2,34,44)(H,47,48,49)(H,50,51,52)(H2,35,36,38,39,40);;/q;2*+1/p-2/b42-23+;;. The zero-order valence-corrected chi connectivity index (χ0v) is 37.6. The average molecular weight is 871 g/mol. The van der Waals surface area contributed by atoms with Crippen LogP contribution in [0.25, 0.3) is 20.8 Å². The number of likely N-dealkylation sites (N-methyl/N-ethyl adjacent to an activating group) is 1. The Kier molecular flexibility index (Phi) is 14.4. The molecule has 3 heterocycles. The Morgan fingerprint density at radius 3 is 2.32 bits per heavy atom. The summed E-state index contributed by atoms with van der Waals surface area (Å²) in [6, 6.07) is 13.2. The molecular weight excluding hydrogens is 846 g/mol. The van der Waals surface area contributed by atoms with Gasteiger partial charge in [0.25, 0.3) is 21.9 Å². The second-order valence-corrected chi connectivity index (χ2v) is 15.6. The van der Waals surface area contributed by atoms with Crippen LogP contribution in [0.4, 0.5) is 23.0 Å². The number of anilines is 3. The molecule has 0 aliphatic carbocycles. The number of hydrogen-bond acceptors (Lipinski definition) is 17. The van der Waals surface area contributed by atoms with Crippen LogP contribution in [0, 0.1) is 12.3 Å². The summed E-state index contributed by atoms with van der Waals surface area (Å²) in [6.07, 6.45) is 0. The topological polar surface area (TPSA) is 299 Å². The fourth-order valence-electron chi connectivity index (χ4n) is 5.42. The summed E-state index contributed by atoms with van der Waals surface area (Å²) in [5, 5.41) is 26.6. The van der Waals surface area contributed by atoms with Crippen LogP contribution in [-0.2, 0) is 29.8 Å². The minimum atomic E-state index is -5.11. The third-order valence-corrected chi connectivity index (χ3v) is 11.3. The van der Waals surface area contributed by atoms with Crippen LogP contribution < -0.4 is 80.6 Å². The van der Waals surface area contributed by atoms with Gasteiger partial charge < -0.3 is 20.4 Å². The van der Waals surface area contributed by atoms with Crippen molar-refractivity contribution in [2.24, 2.45) is 10.1 Å². The monoisotopic (exact) mass is 870 g/mol. The molecule has 284 valence electrons. The zero-order chi connectivity index (χ0) is 40.0. The minimum Gasteiger partial charge on any atom is -0.859 e. The van der Waals surface area contributed by atoms with Gasteiger partial charge in [-0.25, -0.2) is 18.4 Å². The van der Waals surface area contributed by atoms with Gasteiger partial charge in [-0.15, -0.1) is 11.3 Å². The summed E-state index contributed by atoms with van der Waals surface area (Å²) in [4.78, 5) is 45.1. The predicted octanol–water partition coefficient (Wildman–Crippen LogP) is -3.01. The number of aromatic nitrogens is 4. The van der Waals surface area contributed by atoms with Crippen LogP contribution in [0.15, 0.2) is 85.6 Å². The molecule has 0 bridgehead atoms. The molecule has 57 heavy (non-hydrogen) atoms. The van der Waals surface area contributed by atoms with Gasteiger partial charge in [-0.3, -0.25) is 29.5 Å². The summed E-state index contributed by atoms with van der Waals surface area (Å²) >= 11 is 7.31. The molecule has 19 nitrogen and oxygen atoms in total. The van der Waals surface area contributed by atoms with E-state index in [0.717, 1.165) is 23.5 Å². The van der Waals surface area contributed by atoms with Gasteiger partial charge in [0, 0.05) is 17.8 Å². The number of hydrazone groups is 1. The van der Waals surface area contributed by atoms with Crippen molar-refractivity contribution in [3.63, 3.8) is 0 Å². The van der Waals surface area contributed by atoms with E-state index in [9.17, 15) is 40.6 Å². The SMILES string of the molecule is CCN1C(=O)C(C(=N)[O-])=C(C)/C(=N\Nc2cc(N=c3nc(Nc4ccc(-c5nc6ccc(C)c(S(=O)(=O)O)c6s5)cc4)nc(Cl)[nH]3)ccc2S(=O)(=O)[O-])C1=O.[Na+].[Na+]. The molecule has 0 radical (unpaired) electrons. The minimum absolute atomic E-state index is 0.